The maximum Gasteiger partial charge on any atom is 0.161 e. The molecule has 2 aromatic rings. The molecule has 0 saturated carbocycles. The number of benzene rings is 2. The minimum atomic E-state index is -1.90. The quantitative estimate of drug-likeness (QED) is 0.614. The molecule has 33 heavy (non-hydrogen) atoms. The van der Waals surface area contributed by atoms with E-state index in [-0.39, 0.29) is 0 Å². The Balaban J connectivity index is 1.55. The Hall–Kier alpha value is -2.59. The second-order valence-corrected chi connectivity index (χ2v) is 8.42. The van der Waals surface area contributed by atoms with Gasteiger partial charge in [-0.3, -0.25) is 0 Å². The van der Waals surface area contributed by atoms with E-state index in [2.05, 4.69) is 0 Å². The summed E-state index contributed by atoms with van der Waals surface area (Å²) >= 11 is 0. The van der Waals surface area contributed by atoms with E-state index in [4.69, 9.17) is 23.7 Å². The van der Waals surface area contributed by atoms with E-state index >= 15 is 0 Å². The fraction of sp³-hybridized carbons (Fsp3) is 0.500. The van der Waals surface area contributed by atoms with Crippen LogP contribution in [0.15, 0.2) is 24.3 Å². The lowest BCUT2D eigenvalue weighted by molar-refractivity contribution is -0.214. The largest absolute Gasteiger partial charge is 0.496 e. The second-order valence-electron chi connectivity index (χ2n) is 8.42. The Morgan fingerprint density at radius 3 is 2.58 bits per heavy atom. The molecule has 0 radical (unpaired) electrons. The lowest BCUT2D eigenvalue weighted by Crippen LogP contribution is -2.53. The summed E-state index contributed by atoms with van der Waals surface area (Å²) in [7, 11) is 1.51. The van der Waals surface area contributed by atoms with Crippen molar-refractivity contribution in [3.05, 3.63) is 46.5 Å². The third kappa shape index (κ3) is 3.89. The Kier molecular flexibility index (Phi) is 6.05. The Bertz CT molecular complexity index is 1030. The van der Waals surface area contributed by atoms with E-state index < -0.39 is 37.2 Å². The molecule has 3 heterocycles. The van der Waals surface area contributed by atoms with Crippen molar-refractivity contribution in [2.45, 2.75) is 43.4 Å². The van der Waals surface area contributed by atoms with Crippen molar-refractivity contribution in [1.29, 1.82) is 0 Å². The molecular formula is C24H27FO8. The van der Waals surface area contributed by atoms with Crippen LogP contribution in [0.2, 0.25) is 0 Å². The van der Waals surface area contributed by atoms with Crippen LogP contribution in [0.4, 0.5) is 4.39 Å². The van der Waals surface area contributed by atoms with Crippen molar-refractivity contribution in [2.24, 2.45) is 0 Å². The van der Waals surface area contributed by atoms with E-state index in [0.717, 1.165) is 16.7 Å². The summed E-state index contributed by atoms with van der Waals surface area (Å²) < 4.78 is 42.9. The SMILES string of the molecule is COc1c(C2O[C@H](CO)[C@@H](F)[C@H](O)[C@H]2O)cc(Cc2ccc3c(c2)OCCO3)c2c1CCO2. The van der Waals surface area contributed by atoms with Crippen molar-refractivity contribution in [2.75, 3.05) is 33.5 Å². The molecule has 0 spiro atoms. The minimum Gasteiger partial charge on any atom is -0.496 e. The van der Waals surface area contributed by atoms with Crippen LogP contribution in [-0.2, 0) is 17.6 Å². The summed E-state index contributed by atoms with van der Waals surface area (Å²) in [6, 6.07) is 7.54. The minimum absolute atomic E-state index is 0.471. The molecule has 2 aromatic carbocycles. The molecule has 1 fully saturated rings. The number of rotatable bonds is 5. The van der Waals surface area contributed by atoms with Gasteiger partial charge < -0.3 is 39.0 Å². The van der Waals surface area contributed by atoms with Gasteiger partial charge in [-0.1, -0.05) is 6.07 Å². The van der Waals surface area contributed by atoms with E-state index in [1.165, 1.54) is 7.11 Å². The highest BCUT2D eigenvalue weighted by Gasteiger charge is 2.46. The number of halogens is 1. The smallest absolute Gasteiger partial charge is 0.161 e. The predicted octanol–water partition coefficient (Wildman–Crippen LogP) is 1.48. The van der Waals surface area contributed by atoms with Crippen LogP contribution in [0.3, 0.4) is 0 Å². The van der Waals surface area contributed by atoms with E-state index in [1.54, 1.807) is 6.07 Å². The van der Waals surface area contributed by atoms with Gasteiger partial charge in [-0.05, 0) is 29.3 Å². The molecule has 0 bridgehead atoms. The molecule has 5 atom stereocenters. The maximum atomic E-state index is 14.3. The molecule has 3 aliphatic heterocycles. The first kappa shape index (κ1) is 22.2. The normalized spacial score (nSPS) is 28.2. The Morgan fingerprint density at radius 2 is 1.82 bits per heavy atom. The molecule has 178 valence electrons. The van der Waals surface area contributed by atoms with Crippen LogP contribution in [0, 0.1) is 0 Å². The summed E-state index contributed by atoms with van der Waals surface area (Å²) in [6.45, 7) is 0.857. The molecule has 3 aliphatic rings. The van der Waals surface area contributed by atoms with Gasteiger partial charge in [-0.2, -0.15) is 0 Å². The van der Waals surface area contributed by atoms with Gasteiger partial charge in [0, 0.05) is 24.0 Å². The van der Waals surface area contributed by atoms with Gasteiger partial charge in [0.25, 0.3) is 0 Å². The lowest BCUT2D eigenvalue weighted by Gasteiger charge is -2.39. The fourth-order valence-electron chi connectivity index (χ4n) is 4.79. The summed E-state index contributed by atoms with van der Waals surface area (Å²) in [5.74, 6) is 2.56. The zero-order valence-electron chi connectivity index (χ0n) is 18.2. The fourth-order valence-corrected chi connectivity index (χ4v) is 4.79. The van der Waals surface area contributed by atoms with Gasteiger partial charge >= 0.3 is 0 Å². The summed E-state index contributed by atoms with van der Waals surface area (Å²) in [5, 5.41) is 30.4. The third-order valence-electron chi connectivity index (χ3n) is 6.38. The van der Waals surface area contributed by atoms with Crippen molar-refractivity contribution in [3.8, 4) is 23.0 Å². The number of methoxy groups -OCH3 is 1. The zero-order valence-corrected chi connectivity index (χ0v) is 18.2. The number of hydrogen-bond donors (Lipinski definition) is 3. The van der Waals surface area contributed by atoms with Gasteiger partial charge in [-0.15, -0.1) is 0 Å². The van der Waals surface area contributed by atoms with E-state index in [9.17, 15) is 19.7 Å². The highest BCUT2D eigenvalue weighted by molar-refractivity contribution is 5.59. The summed E-state index contributed by atoms with van der Waals surface area (Å²) in [6.07, 6.45) is -6.37. The third-order valence-corrected chi connectivity index (χ3v) is 6.38. The molecular weight excluding hydrogens is 435 g/mol. The van der Waals surface area contributed by atoms with Gasteiger partial charge in [0.15, 0.2) is 17.7 Å². The van der Waals surface area contributed by atoms with Crippen LogP contribution >= 0.6 is 0 Å². The molecule has 3 N–H and O–H groups in total. The maximum absolute atomic E-state index is 14.3. The number of fused-ring (bicyclic) bond motifs is 2. The number of hydrogen-bond acceptors (Lipinski definition) is 8. The second kappa shape index (κ2) is 8.98. The predicted molar refractivity (Wildman–Crippen MR) is 114 cm³/mol. The van der Waals surface area contributed by atoms with Crippen LogP contribution < -0.4 is 18.9 Å². The van der Waals surface area contributed by atoms with Gasteiger partial charge in [0.2, 0.25) is 0 Å². The zero-order chi connectivity index (χ0) is 23.1. The van der Waals surface area contributed by atoms with Crippen LogP contribution in [0.25, 0.3) is 0 Å². The molecule has 0 amide bonds. The molecule has 5 rings (SSSR count). The monoisotopic (exact) mass is 462 g/mol. The Labute approximate surface area is 190 Å². The highest BCUT2D eigenvalue weighted by Crippen LogP contribution is 2.46. The first-order valence-corrected chi connectivity index (χ1v) is 11.0. The summed E-state index contributed by atoms with van der Waals surface area (Å²) in [5.41, 5.74) is 3.11. The molecule has 1 unspecified atom stereocenters. The Morgan fingerprint density at radius 1 is 1.03 bits per heavy atom. The van der Waals surface area contributed by atoms with Gasteiger partial charge in [0.1, 0.15) is 49.1 Å². The molecule has 0 aromatic heterocycles. The van der Waals surface area contributed by atoms with Gasteiger partial charge in [0.05, 0.1) is 20.3 Å². The standard InChI is InChI=1S/C24H27FO8/c1-29-23-14-4-5-32-22(14)13(8-12-2-3-16-17(9-12)31-7-6-30-16)10-15(23)24-21(28)20(27)19(25)18(11-26)33-24/h2-3,9-10,18-21,24,26-28H,4-8,11H2,1H3/t18-,19-,20+,21-,24?/m1/s1. The number of alkyl halides is 1. The van der Waals surface area contributed by atoms with Gasteiger partial charge in [-0.25, -0.2) is 4.39 Å². The van der Waals surface area contributed by atoms with Crippen LogP contribution in [-0.4, -0.2) is 73.3 Å². The molecule has 0 aliphatic carbocycles. The van der Waals surface area contributed by atoms with E-state index in [0.29, 0.717) is 61.2 Å². The van der Waals surface area contributed by atoms with Crippen LogP contribution in [0.5, 0.6) is 23.0 Å². The van der Waals surface area contributed by atoms with Crippen molar-refractivity contribution < 1.29 is 43.4 Å². The molecule has 9 heteroatoms. The highest BCUT2D eigenvalue weighted by atomic mass is 19.1. The van der Waals surface area contributed by atoms with Crippen molar-refractivity contribution >= 4 is 0 Å². The number of aliphatic hydroxyl groups excluding tert-OH is 3. The van der Waals surface area contributed by atoms with E-state index in [1.807, 2.05) is 18.2 Å². The van der Waals surface area contributed by atoms with Crippen molar-refractivity contribution in [1.82, 2.24) is 0 Å². The lowest BCUT2D eigenvalue weighted by atomic mass is 9.88. The average Bonchev–Trinajstić information content (AvgIpc) is 3.33. The average molecular weight is 462 g/mol. The van der Waals surface area contributed by atoms with Crippen molar-refractivity contribution in [3.63, 3.8) is 0 Å². The number of ether oxygens (including phenoxy) is 5. The molecule has 8 nitrogen and oxygen atoms in total. The van der Waals surface area contributed by atoms with Crippen LogP contribution in [0.1, 0.15) is 28.4 Å². The summed E-state index contributed by atoms with van der Waals surface area (Å²) in [4.78, 5) is 0. The topological polar surface area (TPSA) is 107 Å². The first-order valence-electron chi connectivity index (χ1n) is 11.0. The molecule has 1 saturated heterocycles. The number of aliphatic hydroxyl groups is 3. The first-order chi connectivity index (χ1) is 16.0.